The molecule has 1 aromatic rings. The Hall–Kier alpha value is -1.55. The van der Waals surface area contributed by atoms with Crippen LogP contribution in [0.15, 0.2) is 18.2 Å². The quantitative estimate of drug-likeness (QED) is 0.609. The highest BCUT2D eigenvalue weighted by Crippen LogP contribution is 2.58. The van der Waals surface area contributed by atoms with E-state index in [0.717, 1.165) is 25.2 Å². The van der Waals surface area contributed by atoms with Crippen molar-refractivity contribution in [3.8, 4) is 5.75 Å². The summed E-state index contributed by atoms with van der Waals surface area (Å²) in [6.07, 6.45) is 2.57. The molecule has 4 nitrogen and oxygen atoms in total. The molecule has 3 unspecified atom stereocenters. The standard InChI is InChI=1S/C16H18O4/c1-2-18-16(17)14-13-11-7-9(3-5-10-8-19-10)4-6-12(11)20-15(13)14/h4,6-7,10,13-15H,2-3,5,8H2,1H3/t10-,13?,14?,15?/m0/s1. The Bertz CT molecular complexity index is 549. The SMILES string of the molecule is CCOC(=O)C1C2Oc3ccc(CC[C@H]4CO4)cc3C21. The number of aryl methyl sites for hydroxylation is 1. The monoisotopic (exact) mass is 274 g/mol. The summed E-state index contributed by atoms with van der Waals surface area (Å²) in [7, 11) is 0. The van der Waals surface area contributed by atoms with E-state index in [0.29, 0.717) is 12.7 Å². The summed E-state index contributed by atoms with van der Waals surface area (Å²) < 4.78 is 16.2. The van der Waals surface area contributed by atoms with Crippen LogP contribution in [0.5, 0.6) is 5.75 Å². The molecule has 4 heteroatoms. The van der Waals surface area contributed by atoms with E-state index in [1.165, 1.54) is 11.1 Å². The summed E-state index contributed by atoms with van der Waals surface area (Å²) in [6.45, 7) is 3.18. The molecule has 20 heavy (non-hydrogen) atoms. The topological polar surface area (TPSA) is 48.1 Å². The lowest BCUT2D eigenvalue weighted by Crippen LogP contribution is -2.13. The minimum absolute atomic E-state index is 0.00562. The van der Waals surface area contributed by atoms with Gasteiger partial charge in [-0.2, -0.15) is 0 Å². The fraction of sp³-hybridized carbons (Fsp3) is 0.562. The van der Waals surface area contributed by atoms with Gasteiger partial charge in [0.15, 0.2) is 0 Å². The Kier molecular flexibility index (Phi) is 2.74. The predicted octanol–water partition coefficient (Wildman–Crippen LogP) is 2.06. The predicted molar refractivity (Wildman–Crippen MR) is 71.8 cm³/mol. The molecule has 2 fully saturated rings. The van der Waals surface area contributed by atoms with E-state index in [1.807, 2.05) is 13.0 Å². The molecule has 1 saturated heterocycles. The average molecular weight is 274 g/mol. The van der Waals surface area contributed by atoms with Gasteiger partial charge >= 0.3 is 5.97 Å². The second kappa shape index (κ2) is 4.48. The van der Waals surface area contributed by atoms with Crippen molar-refractivity contribution in [2.75, 3.05) is 13.2 Å². The number of benzene rings is 1. The maximum atomic E-state index is 11.8. The van der Waals surface area contributed by atoms with Gasteiger partial charge in [-0.1, -0.05) is 12.1 Å². The van der Waals surface area contributed by atoms with Gasteiger partial charge in [-0.05, 0) is 31.4 Å². The lowest BCUT2D eigenvalue weighted by atomic mass is 10.0. The largest absolute Gasteiger partial charge is 0.489 e. The summed E-state index contributed by atoms with van der Waals surface area (Å²) in [5, 5.41) is 0. The third kappa shape index (κ3) is 1.99. The number of hydrogen-bond donors (Lipinski definition) is 0. The number of carbonyl (C=O) groups is 1. The van der Waals surface area contributed by atoms with E-state index in [4.69, 9.17) is 14.2 Å². The van der Waals surface area contributed by atoms with Crippen LogP contribution in [0.2, 0.25) is 0 Å². The first-order valence-corrected chi connectivity index (χ1v) is 7.35. The maximum absolute atomic E-state index is 11.8. The van der Waals surface area contributed by atoms with Crippen molar-refractivity contribution < 1.29 is 19.0 Å². The van der Waals surface area contributed by atoms with Gasteiger partial charge in [0.05, 0.1) is 19.3 Å². The third-order valence-corrected chi connectivity index (χ3v) is 4.37. The Morgan fingerprint density at radius 2 is 2.30 bits per heavy atom. The van der Waals surface area contributed by atoms with Gasteiger partial charge in [0.25, 0.3) is 0 Å². The Balaban J connectivity index is 1.48. The summed E-state index contributed by atoms with van der Waals surface area (Å²) >= 11 is 0. The molecule has 0 amide bonds. The second-order valence-corrected chi connectivity index (χ2v) is 5.75. The van der Waals surface area contributed by atoms with E-state index in [-0.39, 0.29) is 23.9 Å². The van der Waals surface area contributed by atoms with Gasteiger partial charge in [0.1, 0.15) is 17.8 Å². The third-order valence-electron chi connectivity index (χ3n) is 4.37. The summed E-state index contributed by atoms with van der Waals surface area (Å²) in [4.78, 5) is 11.8. The highest BCUT2D eigenvalue weighted by Gasteiger charge is 2.63. The molecule has 2 heterocycles. The molecule has 0 bridgehead atoms. The van der Waals surface area contributed by atoms with Crippen molar-refractivity contribution in [1.82, 2.24) is 0 Å². The molecule has 0 radical (unpaired) electrons. The van der Waals surface area contributed by atoms with Crippen LogP contribution >= 0.6 is 0 Å². The van der Waals surface area contributed by atoms with Crippen molar-refractivity contribution in [1.29, 1.82) is 0 Å². The van der Waals surface area contributed by atoms with Gasteiger partial charge < -0.3 is 14.2 Å². The average Bonchev–Trinajstić information content (AvgIpc) is 3.34. The Labute approximate surface area is 118 Å². The summed E-state index contributed by atoms with van der Waals surface area (Å²) in [5.74, 6) is 0.933. The van der Waals surface area contributed by atoms with E-state index < -0.39 is 0 Å². The van der Waals surface area contributed by atoms with Crippen LogP contribution in [0, 0.1) is 5.92 Å². The number of epoxide rings is 1. The van der Waals surface area contributed by atoms with Crippen molar-refractivity contribution in [3.05, 3.63) is 29.3 Å². The summed E-state index contributed by atoms with van der Waals surface area (Å²) in [5.41, 5.74) is 2.49. The number of esters is 1. The smallest absolute Gasteiger partial charge is 0.313 e. The normalized spacial score (nSPS) is 32.0. The number of hydrogen-bond acceptors (Lipinski definition) is 4. The van der Waals surface area contributed by atoms with Gasteiger partial charge in [-0.15, -0.1) is 0 Å². The van der Waals surface area contributed by atoms with Crippen molar-refractivity contribution >= 4 is 5.97 Å². The first kappa shape index (κ1) is 12.2. The first-order chi connectivity index (χ1) is 9.78. The summed E-state index contributed by atoms with van der Waals surface area (Å²) in [6, 6.07) is 6.35. The minimum Gasteiger partial charge on any atom is -0.489 e. The lowest BCUT2D eigenvalue weighted by molar-refractivity contribution is -0.145. The molecule has 0 aromatic heterocycles. The van der Waals surface area contributed by atoms with Gasteiger partial charge in [-0.3, -0.25) is 4.79 Å². The van der Waals surface area contributed by atoms with Gasteiger partial charge in [-0.25, -0.2) is 0 Å². The van der Waals surface area contributed by atoms with Crippen LogP contribution in [0.25, 0.3) is 0 Å². The number of fused-ring (bicyclic) bond motifs is 3. The van der Waals surface area contributed by atoms with E-state index in [1.54, 1.807) is 0 Å². The molecule has 1 aliphatic carbocycles. The molecular formula is C16H18O4. The van der Waals surface area contributed by atoms with Crippen molar-refractivity contribution in [2.24, 2.45) is 5.92 Å². The minimum atomic E-state index is -0.120. The molecule has 0 N–H and O–H groups in total. The second-order valence-electron chi connectivity index (χ2n) is 5.75. The lowest BCUT2D eigenvalue weighted by Gasteiger charge is -2.09. The molecule has 1 aromatic carbocycles. The van der Waals surface area contributed by atoms with Crippen molar-refractivity contribution in [3.63, 3.8) is 0 Å². The fourth-order valence-corrected chi connectivity index (χ4v) is 3.15. The molecule has 4 rings (SSSR count). The van der Waals surface area contributed by atoms with E-state index >= 15 is 0 Å². The van der Waals surface area contributed by atoms with Crippen LogP contribution in [0.3, 0.4) is 0 Å². The highest BCUT2D eigenvalue weighted by atomic mass is 16.6. The Morgan fingerprint density at radius 1 is 1.45 bits per heavy atom. The fourth-order valence-electron chi connectivity index (χ4n) is 3.15. The van der Waals surface area contributed by atoms with Gasteiger partial charge in [0, 0.05) is 11.5 Å². The number of rotatable bonds is 5. The zero-order valence-electron chi connectivity index (χ0n) is 11.5. The van der Waals surface area contributed by atoms with Crippen LogP contribution in [0.4, 0.5) is 0 Å². The highest BCUT2D eigenvalue weighted by molar-refractivity contribution is 5.80. The first-order valence-electron chi connectivity index (χ1n) is 7.35. The van der Waals surface area contributed by atoms with Crippen LogP contribution in [-0.4, -0.2) is 31.4 Å². The molecule has 0 spiro atoms. The number of carbonyl (C=O) groups excluding carboxylic acids is 1. The number of ether oxygens (including phenoxy) is 3. The van der Waals surface area contributed by atoms with Crippen molar-refractivity contribution in [2.45, 2.75) is 37.9 Å². The molecule has 1 saturated carbocycles. The molecule has 4 atom stereocenters. The molecule has 2 aliphatic heterocycles. The zero-order chi connectivity index (χ0) is 13.7. The van der Waals surface area contributed by atoms with Gasteiger partial charge in [0.2, 0.25) is 0 Å². The van der Waals surface area contributed by atoms with E-state index in [9.17, 15) is 4.79 Å². The zero-order valence-corrected chi connectivity index (χ0v) is 11.5. The molecular weight excluding hydrogens is 256 g/mol. The van der Waals surface area contributed by atoms with Crippen LogP contribution in [-0.2, 0) is 20.7 Å². The van der Waals surface area contributed by atoms with Crippen LogP contribution < -0.4 is 4.74 Å². The molecule has 3 aliphatic rings. The maximum Gasteiger partial charge on any atom is 0.313 e. The van der Waals surface area contributed by atoms with E-state index in [2.05, 4.69) is 12.1 Å². The molecule has 106 valence electrons. The van der Waals surface area contributed by atoms with Crippen LogP contribution in [0.1, 0.15) is 30.4 Å². The Morgan fingerprint density at radius 3 is 3.05 bits per heavy atom.